The second kappa shape index (κ2) is 8.34. The van der Waals surface area contributed by atoms with Gasteiger partial charge < -0.3 is 15.0 Å². The summed E-state index contributed by atoms with van der Waals surface area (Å²) in [6.45, 7) is 4.00. The first-order valence-corrected chi connectivity index (χ1v) is 8.96. The maximum absolute atomic E-state index is 5.68. The highest BCUT2D eigenvalue weighted by Gasteiger charge is 2.23. The Hall–Kier alpha value is -1.55. The summed E-state index contributed by atoms with van der Waals surface area (Å²) in [5.74, 6) is 1.84. The zero-order valence-electron chi connectivity index (χ0n) is 14.2. The molecular formula is C19H29N3O. The first-order valence-electron chi connectivity index (χ1n) is 8.96. The Morgan fingerprint density at radius 1 is 1.22 bits per heavy atom. The smallest absolute Gasteiger partial charge is 0.193 e. The van der Waals surface area contributed by atoms with Gasteiger partial charge in [-0.2, -0.15) is 0 Å². The Labute approximate surface area is 139 Å². The summed E-state index contributed by atoms with van der Waals surface area (Å²) in [4.78, 5) is 6.86. The minimum atomic E-state index is 0.363. The molecule has 1 aromatic rings. The Bertz CT molecular complexity index is 489. The van der Waals surface area contributed by atoms with Crippen LogP contribution in [0.4, 0.5) is 0 Å². The number of aliphatic imine (C=N–C) groups is 1. The molecule has 2 saturated heterocycles. The third kappa shape index (κ3) is 4.71. The van der Waals surface area contributed by atoms with E-state index in [1.807, 2.05) is 7.05 Å². The molecule has 4 nitrogen and oxygen atoms in total. The van der Waals surface area contributed by atoms with Crippen molar-refractivity contribution in [2.75, 3.05) is 33.3 Å². The predicted molar refractivity (Wildman–Crippen MR) is 94.8 cm³/mol. The summed E-state index contributed by atoms with van der Waals surface area (Å²) < 4.78 is 5.68. The lowest BCUT2D eigenvalue weighted by Crippen LogP contribution is -2.47. The van der Waals surface area contributed by atoms with E-state index in [1.54, 1.807) is 0 Å². The number of ether oxygens (including phenoxy) is 1. The summed E-state index contributed by atoms with van der Waals surface area (Å²) in [5, 5.41) is 3.50. The molecule has 1 aromatic carbocycles. The lowest BCUT2D eigenvalue weighted by atomic mass is 9.90. The molecule has 0 saturated carbocycles. The molecule has 0 aliphatic carbocycles. The highest BCUT2D eigenvalue weighted by molar-refractivity contribution is 5.80. The fraction of sp³-hybridized carbons (Fsp3) is 0.632. The molecule has 1 atom stereocenters. The Morgan fingerprint density at radius 3 is 2.65 bits per heavy atom. The van der Waals surface area contributed by atoms with Crippen LogP contribution < -0.4 is 5.32 Å². The molecule has 1 N–H and O–H groups in total. The van der Waals surface area contributed by atoms with Crippen LogP contribution in [0, 0.1) is 5.92 Å². The number of rotatable bonds is 4. The van der Waals surface area contributed by atoms with E-state index in [2.05, 4.69) is 45.5 Å². The average molecular weight is 315 g/mol. The third-order valence-electron chi connectivity index (χ3n) is 5.00. The van der Waals surface area contributed by atoms with Gasteiger partial charge in [0.05, 0.1) is 6.10 Å². The van der Waals surface area contributed by atoms with Crippen LogP contribution in [0.15, 0.2) is 35.3 Å². The second-order valence-electron chi connectivity index (χ2n) is 6.68. The minimum Gasteiger partial charge on any atom is -0.376 e. The zero-order chi connectivity index (χ0) is 15.9. The van der Waals surface area contributed by atoms with Gasteiger partial charge in [-0.1, -0.05) is 30.3 Å². The molecule has 0 aromatic heterocycles. The van der Waals surface area contributed by atoms with Crippen LogP contribution in [-0.2, 0) is 11.2 Å². The quantitative estimate of drug-likeness (QED) is 0.685. The fourth-order valence-electron chi connectivity index (χ4n) is 3.64. The maximum Gasteiger partial charge on any atom is 0.193 e. The van der Waals surface area contributed by atoms with Gasteiger partial charge in [-0.25, -0.2) is 0 Å². The first-order chi connectivity index (χ1) is 11.3. The second-order valence-corrected chi connectivity index (χ2v) is 6.68. The molecule has 2 heterocycles. The molecule has 1 unspecified atom stereocenters. The normalized spacial score (nSPS) is 23.3. The highest BCUT2D eigenvalue weighted by Crippen LogP contribution is 2.21. The van der Waals surface area contributed by atoms with Crippen LogP contribution in [-0.4, -0.2) is 50.3 Å². The summed E-state index contributed by atoms with van der Waals surface area (Å²) in [7, 11) is 1.88. The van der Waals surface area contributed by atoms with Crippen LogP contribution in [0.2, 0.25) is 0 Å². The van der Waals surface area contributed by atoms with Gasteiger partial charge in [0.1, 0.15) is 0 Å². The lowest BCUT2D eigenvalue weighted by molar-refractivity contribution is 0.113. The Balaban J connectivity index is 1.43. The van der Waals surface area contributed by atoms with Crippen LogP contribution in [0.3, 0.4) is 0 Å². The minimum absolute atomic E-state index is 0.363. The van der Waals surface area contributed by atoms with E-state index < -0.39 is 0 Å². The Morgan fingerprint density at radius 2 is 2.00 bits per heavy atom. The van der Waals surface area contributed by atoms with Crippen molar-refractivity contribution in [2.24, 2.45) is 10.9 Å². The van der Waals surface area contributed by atoms with Gasteiger partial charge in [-0.3, -0.25) is 4.99 Å². The van der Waals surface area contributed by atoms with E-state index in [0.717, 1.165) is 38.1 Å². The maximum atomic E-state index is 5.68. The van der Waals surface area contributed by atoms with Gasteiger partial charge in [0, 0.05) is 33.3 Å². The van der Waals surface area contributed by atoms with Crippen molar-refractivity contribution in [3.05, 3.63) is 35.9 Å². The van der Waals surface area contributed by atoms with Crippen molar-refractivity contribution in [2.45, 2.75) is 38.2 Å². The van der Waals surface area contributed by atoms with Crippen LogP contribution in [0.25, 0.3) is 0 Å². The van der Waals surface area contributed by atoms with E-state index in [0.29, 0.717) is 6.10 Å². The molecule has 4 heteroatoms. The summed E-state index contributed by atoms with van der Waals surface area (Å²) in [6.07, 6.45) is 6.42. The van der Waals surface area contributed by atoms with Crippen molar-refractivity contribution < 1.29 is 4.74 Å². The molecule has 0 bridgehead atoms. The molecule has 3 rings (SSSR count). The standard InChI is InChI=1S/C19H29N3O/c1-20-19(21-15-18-8-5-13-23-18)22-11-9-17(10-12-22)14-16-6-3-2-4-7-16/h2-4,6-7,17-18H,5,8-15H2,1H3,(H,20,21). The predicted octanol–water partition coefficient (Wildman–Crippen LogP) is 2.70. The van der Waals surface area contributed by atoms with E-state index in [1.165, 1.54) is 37.7 Å². The van der Waals surface area contributed by atoms with Gasteiger partial charge >= 0.3 is 0 Å². The highest BCUT2D eigenvalue weighted by atomic mass is 16.5. The molecule has 2 aliphatic heterocycles. The van der Waals surface area contributed by atoms with Crippen molar-refractivity contribution in [3.8, 4) is 0 Å². The number of likely N-dealkylation sites (tertiary alicyclic amines) is 1. The zero-order valence-corrected chi connectivity index (χ0v) is 14.2. The van der Waals surface area contributed by atoms with Gasteiger partial charge in [0.15, 0.2) is 5.96 Å². The molecule has 2 aliphatic rings. The number of nitrogens with one attached hydrogen (secondary N) is 1. The van der Waals surface area contributed by atoms with E-state index in [9.17, 15) is 0 Å². The topological polar surface area (TPSA) is 36.9 Å². The largest absolute Gasteiger partial charge is 0.376 e. The molecular weight excluding hydrogens is 286 g/mol. The van der Waals surface area contributed by atoms with Gasteiger partial charge in [-0.05, 0) is 43.6 Å². The number of piperidine rings is 1. The number of nitrogens with zero attached hydrogens (tertiary/aromatic N) is 2. The summed E-state index contributed by atoms with van der Waals surface area (Å²) in [6, 6.07) is 10.9. The SMILES string of the molecule is CN=C(NCC1CCCO1)N1CCC(Cc2ccccc2)CC1. The monoisotopic (exact) mass is 315 g/mol. The average Bonchev–Trinajstić information content (AvgIpc) is 3.11. The van der Waals surface area contributed by atoms with Gasteiger partial charge in [0.2, 0.25) is 0 Å². The van der Waals surface area contributed by atoms with Crippen LogP contribution in [0.5, 0.6) is 0 Å². The molecule has 126 valence electrons. The lowest BCUT2D eigenvalue weighted by Gasteiger charge is -2.34. The molecule has 23 heavy (non-hydrogen) atoms. The fourth-order valence-corrected chi connectivity index (χ4v) is 3.64. The first kappa shape index (κ1) is 16.3. The van der Waals surface area contributed by atoms with Gasteiger partial charge in [-0.15, -0.1) is 0 Å². The Kier molecular flexibility index (Phi) is 5.92. The molecule has 2 fully saturated rings. The summed E-state index contributed by atoms with van der Waals surface area (Å²) >= 11 is 0. The number of guanidine groups is 1. The van der Waals surface area contributed by atoms with E-state index in [-0.39, 0.29) is 0 Å². The summed E-state index contributed by atoms with van der Waals surface area (Å²) in [5.41, 5.74) is 1.46. The van der Waals surface area contributed by atoms with Crippen LogP contribution in [0.1, 0.15) is 31.2 Å². The van der Waals surface area contributed by atoms with Crippen molar-refractivity contribution in [3.63, 3.8) is 0 Å². The molecule has 0 radical (unpaired) electrons. The number of benzene rings is 1. The third-order valence-corrected chi connectivity index (χ3v) is 5.00. The van der Waals surface area contributed by atoms with Crippen molar-refractivity contribution in [1.82, 2.24) is 10.2 Å². The number of hydrogen-bond acceptors (Lipinski definition) is 2. The molecule has 0 amide bonds. The van der Waals surface area contributed by atoms with Gasteiger partial charge in [0.25, 0.3) is 0 Å². The van der Waals surface area contributed by atoms with Crippen LogP contribution >= 0.6 is 0 Å². The number of hydrogen-bond donors (Lipinski definition) is 1. The van der Waals surface area contributed by atoms with E-state index >= 15 is 0 Å². The molecule has 0 spiro atoms. The van der Waals surface area contributed by atoms with Crippen molar-refractivity contribution >= 4 is 5.96 Å². The van der Waals surface area contributed by atoms with E-state index in [4.69, 9.17) is 4.74 Å². The van der Waals surface area contributed by atoms with Crippen molar-refractivity contribution in [1.29, 1.82) is 0 Å².